The Labute approximate surface area is 152 Å². The first kappa shape index (κ1) is 19.2. The molecule has 3 N–H and O–H groups in total. The van der Waals surface area contributed by atoms with Gasteiger partial charge in [0.2, 0.25) is 5.91 Å². The monoisotopic (exact) mass is 354 g/mol. The van der Waals surface area contributed by atoms with Crippen molar-refractivity contribution < 1.29 is 19.5 Å². The maximum atomic E-state index is 12.1. The summed E-state index contributed by atoms with van der Waals surface area (Å²) >= 11 is 0. The van der Waals surface area contributed by atoms with Gasteiger partial charge in [-0.1, -0.05) is 25.1 Å². The van der Waals surface area contributed by atoms with E-state index in [4.69, 9.17) is 5.11 Å². The molecule has 6 heteroatoms. The summed E-state index contributed by atoms with van der Waals surface area (Å²) in [7, 11) is 0. The Morgan fingerprint density at radius 3 is 2.35 bits per heavy atom. The highest BCUT2D eigenvalue weighted by Crippen LogP contribution is 2.13. The summed E-state index contributed by atoms with van der Waals surface area (Å²) in [5.74, 6) is -1.36. The maximum Gasteiger partial charge on any atom is 0.335 e. The Kier molecular flexibility index (Phi) is 6.91. The highest BCUT2D eigenvalue weighted by molar-refractivity contribution is 5.96. The topological polar surface area (TPSA) is 95.5 Å². The van der Waals surface area contributed by atoms with Gasteiger partial charge in [0.25, 0.3) is 5.91 Å². The van der Waals surface area contributed by atoms with Crippen LogP contribution in [-0.2, 0) is 11.2 Å². The van der Waals surface area contributed by atoms with Gasteiger partial charge in [-0.25, -0.2) is 4.79 Å². The van der Waals surface area contributed by atoms with E-state index in [9.17, 15) is 14.4 Å². The number of carboxylic acid groups (broad SMARTS) is 1. The van der Waals surface area contributed by atoms with Crippen molar-refractivity contribution in [1.29, 1.82) is 0 Å². The Bertz CT molecular complexity index is 785. The quantitative estimate of drug-likeness (QED) is 0.679. The van der Waals surface area contributed by atoms with Crippen molar-refractivity contribution in [3.05, 3.63) is 65.2 Å². The molecule has 26 heavy (non-hydrogen) atoms. The first-order valence-electron chi connectivity index (χ1n) is 8.50. The third-order valence-electron chi connectivity index (χ3n) is 3.84. The normalized spacial score (nSPS) is 10.2. The van der Waals surface area contributed by atoms with Crippen molar-refractivity contribution in [3.63, 3.8) is 0 Å². The van der Waals surface area contributed by atoms with Gasteiger partial charge in [-0.05, 0) is 48.7 Å². The lowest BCUT2D eigenvalue weighted by Crippen LogP contribution is -2.23. The minimum Gasteiger partial charge on any atom is -0.478 e. The molecule has 0 aliphatic rings. The summed E-state index contributed by atoms with van der Waals surface area (Å²) in [5.41, 5.74) is 1.96. The number of benzene rings is 2. The average Bonchev–Trinajstić information content (AvgIpc) is 2.65. The molecule has 0 unspecified atom stereocenters. The lowest BCUT2D eigenvalue weighted by molar-refractivity contribution is -0.116. The number of carboxylic acids is 1. The van der Waals surface area contributed by atoms with Crippen molar-refractivity contribution in [1.82, 2.24) is 5.32 Å². The van der Waals surface area contributed by atoms with Gasteiger partial charge in [-0.2, -0.15) is 0 Å². The Morgan fingerprint density at radius 2 is 1.69 bits per heavy atom. The van der Waals surface area contributed by atoms with Crippen LogP contribution < -0.4 is 10.6 Å². The van der Waals surface area contributed by atoms with Crippen molar-refractivity contribution in [2.75, 3.05) is 11.9 Å². The number of hydrogen-bond acceptors (Lipinski definition) is 3. The molecular formula is C20H22N2O4. The van der Waals surface area contributed by atoms with Gasteiger partial charge in [-0.15, -0.1) is 0 Å². The zero-order valence-electron chi connectivity index (χ0n) is 14.6. The molecule has 0 spiro atoms. The Balaban J connectivity index is 1.90. The van der Waals surface area contributed by atoms with Gasteiger partial charge in [0.15, 0.2) is 0 Å². The molecule has 0 heterocycles. The predicted octanol–water partition coefficient (Wildman–Crippen LogP) is 3.10. The smallest absolute Gasteiger partial charge is 0.335 e. The van der Waals surface area contributed by atoms with E-state index in [1.54, 1.807) is 42.5 Å². The second kappa shape index (κ2) is 9.36. The first-order chi connectivity index (χ1) is 12.5. The van der Waals surface area contributed by atoms with Crippen LogP contribution in [0.25, 0.3) is 0 Å². The second-order valence-electron chi connectivity index (χ2n) is 5.84. The van der Waals surface area contributed by atoms with E-state index in [0.717, 1.165) is 6.42 Å². The number of hydrogen-bond donors (Lipinski definition) is 3. The molecule has 0 radical (unpaired) electrons. The minimum absolute atomic E-state index is 0.144. The van der Waals surface area contributed by atoms with E-state index in [0.29, 0.717) is 29.8 Å². The van der Waals surface area contributed by atoms with E-state index in [1.165, 1.54) is 6.07 Å². The number of carbonyl (C=O) groups is 3. The van der Waals surface area contributed by atoms with E-state index in [2.05, 4.69) is 10.6 Å². The Morgan fingerprint density at radius 1 is 1.00 bits per heavy atom. The molecule has 2 rings (SSSR count). The van der Waals surface area contributed by atoms with Crippen molar-refractivity contribution >= 4 is 23.5 Å². The van der Waals surface area contributed by atoms with Crippen LogP contribution in [0.1, 0.15) is 46.0 Å². The summed E-state index contributed by atoms with van der Waals surface area (Å²) in [6.07, 6.45) is 1.37. The van der Waals surface area contributed by atoms with Crippen LogP contribution in [0.5, 0.6) is 0 Å². The molecule has 6 nitrogen and oxygen atoms in total. The SMILES string of the molecule is CCCNC(=O)c1ccc(NC(=O)CCc2ccccc2C(=O)O)cc1. The molecule has 0 aliphatic carbocycles. The van der Waals surface area contributed by atoms with Gasteiger partial charge in [-0.3, -0.25) is 9.59 Å². The average molecular weight is 354 g/mol. The number of anilines is 1. The number of amides is 2. The van der Waals surface area contributed by atoms with Gasteiger partial charge >= 0.3 is 5.97 Å². The van der Waals surface area contributed by atoms with E-state index in [1.807, 2.05) is 6.92 Å². The lowest BCUT2D eigenvalue weighted by Gasteiger charge is -2.08. The first-order valence-corrected chi connectivity index (χ1v) is 8.50. The minimum atomic E-state index is -1.00. The molecule has 2 aromatic rings. The number of nitrogens with one attached hydrogen (secondary N) is 2. The number of aryl methyl sites for hydroxylation is 1. The zero-order chi connectivity index (χ0) is 18.9. The molecular weight excluding hydrogens is 332 g/mol. The van der Waals surface area contributed by atoms with E-state index < -0.39 is 5.97 Å². The van der Waals surface area contributed by atoms with Gasteiger partial charge in [0.1, 0.15) is 0 Å². The summed E-state index contributed by atoms with van der Waals surface area (Å²) < 4.78 is 0. The molecule has 0 saturated carbocycles. The largest absolute Gasteiger partial charge is 0.478 e. The van der Waals surface area contributed by atoms with Crippen molar-refractivity contribution in [2.24, 2.45) is 0 Å². The fourth-order valence-electron chi connectivity index (χ4n) is 2.46. The standard InChI is InChI=1S/C20H22N2O4/c1-2-13-21-19(24)15-7-10-16(11-8-15)22-18(23)12-9-14-5-3-4-6-17(14)20(25)26/h3-8,10-11H,2,9,12-13H2,1H3,(H,21,24)(H,22,23)(H,25,26). The summed E-state index contributed by atoms with van der Waals surface area (Å²) in [6.45, 7) is 2.60. The molecule has 0 aliphatic heterocycles. The highest BCUT2D eigenvalue weighted by atomic mass is 16.4. The van der Waals surface area contributed by atoms with Crippen LogP contribution in [-0.4, -0.2) is 29.4 Å². The molecule has 0 aromatic heterocycles. The number of aromatic carboxylic acids is 1. The highest BCUT2D eigenvalue weighted by Gasteiger charge is 2.11. The molecule has 0 atom stereocenters. The molecule has 136 valence electrons. The van der Waals surface area contributed by atoms with Crippen LogP contribution in [0.15, 0.2) is 48.5 Å². The number of carbonyl (C=O) groups excluding carboxylic acids is 2. The molecule has 2 aromatic carbocycles. The van der Waals surface area contributed by atoms with Gasteiger partial charge in [0.05, 0.1) is 5.56 Å². The lowest BCUT2D eigenvalue weighted by atomic mass is 10.0. The second-order valence-corrected chi connectivity index (χ2v) is 5.84. The fourth-order valence-corrected chi connectivity index (χ4v) is 2.46. The van der Waals surface area contributed by atoms with Crippen LogP contribution >= 0.6 is 0 Å². The molecule has 0 fully saturated rings. The van der Waals surface area contributed by atoms with Crippen LogP contribution in [0.4, 0.5) is 5.69 Å². The van der Waals surface area contributed by atoms with Crippen LogP contribution in [0, 0.1) is 0 Å². The summed E-state index contributed by atoms with van der Waals surface area (Å²) in [6, 6.07) is 13.3. The molecule has 0 bridgehead atoms. The zero-order valence-corrected chi connectivity index (χ0v) is 14.6. The van der Waals surface area contributed by atoms with Crippen LogP contribution in [0.2, 0.25) is 0 Å². The van der Waals surface area contributed by atoms with E-state index >= 15 is 0 Å². The van der Waals surface area contributed by atoms with Crippen LogP contribution in [0.3, 0.4) is 0 Å². The summed E-state index contributed by atoms with van der Waals surface area (Å²) in [4.78, 5) is 35.1. The predicted molar refractivity (Wildman–Crippen MR) is 99.4 cm³/mol. The van der Waals surface area contributed by atoms with E-state index in [-0.39, 0.29) is 23.8 Å². The third-order valence-corrected chi connectivity index (χ3v) is 3.84. The fraction of sp³-hybridized carbons (Fsp3) is 0.250. The molecule has 2 amide bonds. The maximum absolute atomic E-state index is 12.1. The van der Waals surface area contributed by atoms with Gasteiger partial charge < -0.3 is 15.7 Å². The van der Waals surface area contributed by atoms with Crippen molar-refractivity contribution in [2.45, 2.75) is 26.2 Å². The Hall–Kier alpha value is -3.15. The van der Waals surface area contributed by atoms with Gasteiger partial charge in [0, 0.05) is 24.2 Å². The number of rotatable bonds is 8. The van der Waals surface area contributed by atoms with Crippen molar-refractivity contribution in [3.8, 4) is 0 Å². The third kappa shape index (κ3) is 5.44. The summed E-state index contributed by atoms with van der Waals surface area (Å²) in [5, 5.41) is 14.7. The molecule has 0 saturated heterocycles.